The molecule has 2 aromatic rings. The lowest BCUT2D eigenvalue weighted by Crippen LogP contribution is -2.45. The molecule has 0 aliphatic heterocycles. The number of H-pyrrole nitrogens is 1. The lowest BCUT2D eigenvalue weighted by Gasteiger charge is -2.35. The Hall–Kier alpha value is -2.48. The standard InChI is InChI=1S/C20H28N6O2/c1-25(2)11-17-23-24-18(26(17)3)13-8-14(9-13)21-19(27)15-10-12-6-4-5-7-16(12)22-20(15)28/h10,13-14H,4-9,11H2,1-3H3,(H,21,27)(H,22,28). The van der Waals surface area contributed by atoms with Crippen molar-refractivity contribution in [3.05, 3.63) is 44.9 Å². The molecule has 2 aliphatic carbocycles. The average Bonchev–Trinajstić information content (AvgIpc) is 2.96. The van der Waals surface area contributed by atoms with Gasteiger partial charge in [-0.1, -0.05) is 0 Å². The lowest BCUT2D eigenvalue weighted by atomic mass is 9.79. The van der Waals surface area contributed by atoms with Crippen molar-refractivity contribution in [1.29, 1.82) is 0 Å². The van der Waals surface area contributed by atoms with Gasteiger partial charge in [0.05, 0.1) is 6.54 Å². The summed E-state index contributed by atoms with van der Waals surface area (Å²) in [4.78, 5) is 29.9. The SMILES string of the molecule is CN(C)Cc1nnc(C2CC(NC(=O)c3cc4c([nH]c3=O)CCCC4)C2)n1C. The number of carbonyl (C=O) groups is 1. The molecule has 8 nitrogen and oxygen atoms in total. The highest BCUT2D eigenvalue weighted by atomic mass is 16.2. The Labute approximate surface area is 164 Å². The molecule has 1 amide bonds. The quantitative estimate of drug-likeness (QED) is 0.805. The van der Waals surface area contributed by atoms with E-state index in [0.29, 0.717) is 5.92 Å². The first-order valence-electron chi connectivity index (χ1n) is 10.0. The molecule has 0 saturated heterocycles. The Kier molecular flexibility index (Phi) is 5.05. The molecule has 0 atom stereocenters. The van der Waals surface area contributed by atoms with Gasteiger partial charge < -0.3 is 19.8 Å². The molecule has 4 rings (SSSR count). The van der Waals surface area contributed by atoms with Crippen molar-refractivity contribution in [2.24, 2.45) is 7.05 Å². The van der Waals surface area contributed by atoms with E-state index in [4.69, 9.17) is 0 Å². The van der Waals surface area contributed by atoms with Gasteiger partial charge in [0.1, 0.15) is 17.2 Å². The molecular weight excluding hydrogens is 356 g/mol. The van der Waals surface area contributed by atoms with Gasteiger partial charge >= 0.3 is 0 Å². The maximum Gasteiger partial charge on any atom is 0.261 e. The third kappa shape index (κ3) is 3.61. The highest BCUT2D eigenvalue weighted by molar-refractivity contribution is 5.94. The zero-order chi connectivity index (χ0) is 19.8. The molecule has 2 aliphatic rings. The van der Waals surface area contributed by atoms with Crippen LogP contribution in [-0.4, -0.2) is 50.7 Å². The molecular formula is C20H28N6O2. The number of hydrogen-bond acceptors (Lipinski definition) is 5. The zero-order valence-electron chi connectivity index (χ0n) is 16.8. The van der Waals surface area contributed by atoms with Crippen LogP contribution in [0.4, 0.5) is 0 Å². The van der Waals surface area contributed by atoms with Crippen molar-refractivity contribution >= 4 is 5.91 Å². The maximum absolute atomic E-state index is 12.6. The second kappa shape index (κ2) is 7.50. The molecule has 2 N–H and O–H groups in total. The van der Waals surface area contributed by atoms with Crippen LogP contribution < -0.4 is 10.9 Å². The predicted octanol–water partition coefficient (Wildman–Crippen LogP) is 1.12. The number of fused-ring (bicyclic) bond motifs is 1. The van der Waals surface area contributed by atoms with Crippen molar-refractivity contribution in [1.82, 2.24) is 30.0 Å². The second-order valence-corrected chi connectivity index (χ2v) is 8.33. The lowest BCUT2D eigenvalue weighted by molar-refractivity contribution is 0.0905. The monoisotopic (exact) mass is 384 g/mol. The Morgan fingerprint density at radius 2 is 2.04 bits per heavy atom. The summed E-state index contributed by atoms with van der Waals surface area (Å²) in [5.74, 6) is 1.92. The summed E-state index contributed by atoms with van der Waals surface area (Å²) in [6.07, 6.45) is 5.67. The van der Waals surface area contributed by atoms with Crippen LogP contribution in [0.1, 0.15) is 64.9 Å². The van der Waals surface area contributed by atoms with E-state index in [0.717, 1.165) is 68.0 Å². The Morgan fingerprint density at radius 3 is 2.79 bits per heavy atom. The van der Waals surface area contributed by atoms with Gasteiger partial charge in [0, 0.05) is 24.7 Å². The van der Waals surface area contributed by atoms with Crippen LogP contribution in [0.15, 0.2) is 10.9 Å². The van der Waals surface area contributed by atoms with E-state index >= 15 is 0 Å². The van der Waals surface area contributed by atoms with Crippen LogP contribution in [0.25, 0.3) is 0 Å². The molecule has 0 radical (unpaired) electrons. The highest BCUT2D eigenvalue weighted by Crippen LogP contribution is 2.36. The van der Waals surface area contributed by atoms with E-state index in [9.17, 15) is 9.59 Å². The summed E-state index contributed by atoms with van der Waals surface area (Å²) in [5, 5.41) is 11.6. The minimum atomic E-state index is -0.282. The number of nitrogens with one attached hydrogen (secondary N) is 2. The van der Waals surface area contributed by atoms with Crippen LogP contribution in [0.5, 0.6) is 0 Å². The van der Waals surface area contributed by atoms with Crippen molar-refractivity contribution in [3.8, 4) is 0 Å². The summed E-state index contributed by atoms with van der Waals surface area (Å²) in [5.41, 5.74) is 2.05. The van der Waals surface area contributed by atoms with Gasteiger partial charge in [-0.3, -0.25) is 9.59 Å². The van der Waals surface area contributed by atoms with Gasteiger partial charge in [-0.25, -0.2) is 0 Å². The third-order valence-electron chi connectivity index (χ3n) is 5.88. The smallest absolute Gasteiger partial charge is 0.261 e. The minimum absolute atomic E-state index is 0.0712. The van der Waals surface area contributed by atoms with E-state index in [1.807, 2.05) is 21.1 Å². The zero-order valence-corrected chi connectivity index (χ0v) is 16.8. The predicted molar refractivity (Wildman–Crippen MR) is 105 cm³/mol. The van der Waals surface area contributed by atoms with Gasteiger partial charge in [0.25, 0.3) is 11.5 Å². The number of pyridine rings is 1. The van der Waals surface area contributed by atoms with Gasteiger partial charge in [0.15, 0.2) is 0 Å². The first-order valence-corrected chi connectivity index (χ1v) is 10.0. The number of hydrogen-bond donors (Lipinski definition) is 2. The number of rotatable bonds is 5. The van der Waals surface area contributed by atoms with Gasteiger partial charge in [-0.2, -0.15) is 0 Å². The maximum atomic E-state index is 12.6. The number of carbonyl (C=O) groups excluding carboxylic acids is 1. The number of nitrogens with zero attached hydrogens (tertiary/aromatic N) is 4. The molecule has 150 valence electrons. The van der Waals surface area contributed by atoms with Gasteiger partial charge in [0.2, 0.25) is 0 Å². The van der Waals surface area contributed by atoms with Crippen molar-refractivity contribution in [3.63, 3.8) is 0 Å². The van der Waals surface area contributed by atoms with Gasteiger partial charge in [-0.05, 0) is 64.3 Å². The van der Waals surface area contributed by atoms with Crippen LogP contribution in [0.2, 0.25) is 0 Å². The third-order valence-corrected chi connectivity index (χ3v) is 5.88. The highest BCUT2D eigenvalue weighted by Gasteiger charge is 2.35. The summed E-state index contributed by atoms with van der Waals surface area (Å²) < 4.78 is 2.05. The molecule has 0 unspecified atom stereocenters. The second-order valence-electron chi connectivity index (χ2n) is 8.33. The molecule has 0 aromatic carbocycles. The van der Waals surface area contributed by atoms with Gasteiger partial charge in [-0.15, -0.1) is 10.2 Å². The van der Waals surface area contributed by atoms with E-state index < -0.39 is 0 Å². The first kappa shape index (κ1) is 18.9. The Bertz CT molecular complexity index is 939. The molecule has 0 spiro atoms. The fourth-order valence-corrected chi connectivity index (χ4v) is 4.20. The number of aromatic amines is 1. The first-order chi connectivity index (χ1) is 13.4. The summed E-state index contributed by atoms with van der Waals surface area (Å²) in [6, 6.07) is 1.86. The van der Waals surface area contributed by atoms with E-state index in [2.05, 4.69) is 30.0 Å². The van der Waals surface area contributed by atoms with Crippen LogP contribution in [0.3, 0.4) is 0 Å². The van der Waals surface area contributed by atoms with Crippen molar-refractivity contribution in [2.45, 2.75) is 57.0 Å². The number of amides is 1. The molecule has 2 heterocycles. The van der Waals surface area contributed by atoms with Crippen molar-refractivity contribution in [2.75, 3.05) is 14.1 Å². The Morgan fingerprint density at radius 1 is 1.29 bits per heavy atom. The van der Waals surface area contributed by atoms with E-state index in [1.165, 1.54) is 0 Å². The molecule has 8 heteroatoms. The largest absolute Gasteiger partial charge is 0.349 e. The molecule has 1 fully saturated rings. The average molecular weight is 384 g/mol. The molecule has 1 saturated carbocycles. The van der Waals surface area contributed by atoms with Crippen LogP contribution in [0, 0.1) is 0 Å². The fourth-order valence-electron chi connectivity index (χ4n) is 4.20. The minimum Gasteiger partial charge on any atom is -0.349 e. The van der Waals surface area contributed by atoms with Crippen LogP contribution in [-0.2, 0) is 26.4 Å². The summed E-state index contributed by atoms with van der Waals surface area (Å²) in [7, 11) is 6.00. The topological polar surface area (TPSA) is 95.9 Å². The fraction of sp³-hybridized carbons (Fsp3) is 0.600. The van der Waals surface area contributed by atoms with Crippen molar-refractivity contribution < 1.29 is 4.79 Å². The summed E-state index contributed by atoms with van der Waals surface area (Å²) >= 11 is 0. The normalized spacial score (nSPS) is 21.3. The van der Waals surface area contributed by atoms with Crippen LogP contribution >= 0.6 is 0 Å². The van der Waals surface area contributed by atoms with E-state index in [-0.39, 0.29) is 23.1 Å². The molecule has 28 heavy (non-hydrogen) atoms. The molecule has 0 bridgehead atoms. The number of aryl methyl sites for hydroxylation is 2. The Balaban J connectivity index is 1.38. The summed E-state index contributed by atoms with van der Waals surface area (Å²) in [6.45, 7) is 0.748. The molecule has 2 aromatic heterocycles. The van der Waals surface area contributed by atoms with E-state index in [1.54, 1.807) is 6.07 Å². The number of aromatic nitrogens is 4.